The molecule has 1 aromatic heterocycles. The van der Waals surface area contributed by atoms with Crippen LogP contribution in [0.25, 0.3) is 0 Å². The first-order valence-corrected chi connectivity index (χ1v) is 11.7. The smallest absolute Gasteiger partial charge is 0.240 e. The Morgan fingerprint density at radius 1 is 1.00 bits per heavy atom. The Morgan fingerprint density at radius 2 is 1.68 bits per heavy atom. The van der Waals surface area contributed by atoms with E-state index in [4.69, 9.17) is 0 Å². The zero-order valence-electron chi connectivity index (χ0n) is 14.7. The van der Waals surface area contributed by atoms with E-state index in [0.717, 1.165) is 9.90 Å². The van der Waals surface area contributed by atoms with Gasteiger partial charge in [0.05, 0.1) is 10.6 Å². The Hall–Kier alpha value is -2.27. The van der Waals surface area contributed by atoms with Gasteiger partial charge in [-0.25, -0.2) is 13.1 Å². The Morgan fingerprint density at radius 3 is 2.39 bits per heavy atom. The third-order valence-electron chi connectivity index (χ3n) is 3.52. The van der Waals surface area contributed by atoms with Gasteiger partial charge in [-0.2, -0.15) is 0 Å². The second-order valence-electron chi connectivity index (χ2n) is 5.61. The molecule has 1 amide bonds. The number of sulfonamides is 1. The van der Waals surface area contributed by atoms with Crippen LogP contribution in [0.1, 0.15) is 11.4 Å². The minimum Gasteiger partial charge on any atom is -0.300 e. The highest BCUT2D eigenvalue weighted by Gasteiger charge is 2.14. The molecule has 2 N–H and O–H groups in total. The van der Waals surface area contributed by atoms with Gasteiger partial charge in [0.15, 0.2) is 0 Å². The van der Waals surface area contributed by atoms with E-state index in [1.54, 1.807) is 30.0 Å². The molecule has 0 aliphatic carbocycles. The first-order valence-electron chi connectivity index (χ1n) is 8.38. The van der Waals surface area contributed by atoms with E-state index in [9.17, 15) is 13.2 Å². The van der Waals surface area contributed by atoms with Crippen molar-refractivity contribution in [3.63, 3.8) is 0 Å². The second-order valence-corrected chi connectivity index (χ2v) is 9.49. The number of nitrogens with zero attached hydrogens (tertiary/aromatic N) is 2. The first-order chi connectivity index (χ1) is 13.5. The molecule has 10 heteroatoms. The van der Waals surface area contributed by atoms with Crippen molar-refractivity contribution in [3.05, 3.63) is 65.7 Å². The van der Waals surface area contributed by atoms with Crippen molar-refractivity contribution in [1.82, 2.24) is 14.9 Å². The van der Waals surface area contributed by atoms with E-state index in [1.165, 1.54) is 23.5 Å². The van der Waals surface area contributed by atoms with Crippen molar-refractivity contribution in [3.8, 4) is 0 Å². The van der Waals surface area contributed by atoms with Crippen LogP contribution in [-0.2, 0) is 20.6 Å². The number of benzene rings is 2. The van der Waals surface area contributed by atoms with Crippen LogP contribution >= 0.6 is 23.1 Å². The van der Waals surface area contributed by atoms with Crippen LogP contribution in [-0.4, -0.2) is 31.1 Å². The highest BCUT2D eigenvalue weighted by Crippen LogP contribution is 2.25. The summed E-state index contributed by atoms with van der Waals surface area (Å²) in [6.07, 6.45) is -0.000256. The molecule has 0 saturated carbocycles. The molecule has 0 unspecified atom stereocenters. The van der Waals surface area contributed by atoms with Crippen LogP contribution in [0.5, 0.6) is 0 Å². The summed E-state index contributed by atoms with van der Waals surface area (Å²) in [5, 5.41) is 11.9. The summed E-state index contributed by atoms with van der Waals surface area (Å²) in [5.74, 6) is 0.336. The molecule has 0 fully saturated rings. The van der Waals surface area contributed by atoms with Crippen molar-refractivity contribution in [2.75, 3.05) is 11.9 Å². The first kappa shape index (κ1) is 20.5. The maximum Gasteiger partial charge on any atom is 0.240 e. The molecule has 28 heavy (non-hydrogen) atoms. The Balaban J connectivity index is 1.43. The maximum atomic E-state index is 12.1. The molecule has 0 bridgehead atoms. The van der Waals surface area contributed by atoms with E-state index in [-0.39, 0.29) is 23.8 Å². The van der Waals surface area contributed by atoms with Gasteiger partial charge in [0, 0.05) is 17.9 Å². The number of hydrogen-bond donors (Lipinski definition) is 2. The van der Waals surface area contributed by atoms with Gasteiger partial charge in [0.1, 0.15) is 5.01 Å². The molecule has 0 atom stereocenters. The van der Waals surface area contributed by atoms with Crippen LogP contribution in [0.2, 0.25) is 0 Å². The molecule has 1 heterocycles. The molecule has 0 saturated heterocycles. The lowest BCUT2D eigenvalue weighted by Crippen LogP contribution is -2.27. The van der Waals surface area contributed by atoms with Crippen molar-refractivity contribution < 1.29 is 13.2 Å². The van der Waals surface area contributed by atoms with Crippen molar-refractivity contribution in [1.29, 1.82) is 0 Å². The molecule has 0 aliphatic heterocycles. The van der Waals surface area contributed by atoms with Crippen LogP contribution in [0.4, 0.5) is 5.13 Å². The summed E-state index contributed by atoms with van der Waals surface area (Å²) < 4.78 is 26.6. The fourth-order valence-electron chi connectivity index (χ4n) is 2.19. The minimum absolute atomic E-state index is 0.000256. The molecule has 3 rings (SSSR count). The topological polar surface area (TPSA) is 101 Å². The lowest BCUT2D eigenvalue weighted by atomic mass is 10.4. The normalized spacial score (nSPS) is 11.3. The van der Waals surface area contributed by atoms with Crippen molar-refractivity contribution >= 4 is 44.2 Å². The number of anilines is 1. The number of carbonyl (C=O) groups is 1. The van der Waals surface area contributed by atoms with Crippen LogP contribution in [0.3, 0.4) is 0 Å². The van der Waals surface area contributed by atoms with Crippen LogP contribution < -0.4 is 10.0 Å². The lowest BCUT2D eigenvalue weighted by Gasteiger charge is -2.06. The van der Waals surface area contributed by atoms with Crippen LogP contribution in [0, 0.1) is 0 Å². The molecule has 3 aromatic rings. The third-order valence-corrected chi connectivity index (χ3v) is 7.04. The number of amides is 1. The van der Waals surface area contributed by atoms with E-state index in [0.29, 0.717) is 10.9 Å². The molecule has 0 spiro atoms. The third kappa shape index (κ3) is 6.13. The van der Waals surface area contributed by atoms with E-state index >= 15 is 0 Å². The SMILES string of the molecule is O=C(CCNS(=O)(=O)c1ccccc1)Nc1nnc(CSc2ccccc2)s1. The summed E-state index contributed by atoms with van der Waals surface area (Å²) >= 11 is 2.94. The maximum absolute atomic E-state index is 12.1. The summed E-state index contributed by atoms with van der Waals surface area (Å²) in [4.78, 5) is 13.3. The zero-order valence-corrected chi connectivity index (χ0v) is 17.2. The summed E-state index contributed by atoms with van der Waals surface area (Å²) in [5.41, 5.74) is 0. The summed E-state index contributed by atoms with van der Waals surface area (Å²) in [6.45, 7) is -0.00141. The van der Waals surface area contributed by atoms with Gasteiger partial charge in [0.25, 0.3) is 0 Å². The minimum atomic E-state index is -3.62. The van der Waals surface area contributed by atoms with Crippen LogP contribution in [0.15, 0.2) is 70.5 Å². The fraction of sp³-hybridized carbons (Fsp3) is 0.167. The average molecular weight is 435 g/mol. The molecular formula is C18H18N4O3S3. The average Bonchev–Trinajstić information content (AvgIpc) is 3.15. The number of rotatable bonds is 9. The quantitative estimate of drug-likeness (QED) is 0.502. The van der Waals surface area contributed by atoms with Gasteiger partial charge in [0.2, 0.25) is 21.1 Å². The molecule has 146 valence electrons. The zero-order chi connectivity index (χ0) is 19.8. The molecule has 7 nitrogen and oxygen atoms in total. The van der Waals surface area contributed by atoms with Gasteiger partial charge in [-0.05, 0) is 24.3 Å². The number of aromatic nitrogens is 2. The predicted octanol–water partition coefficient (Wildman–Crippen LogP) is 3.14. The molecule has 0 radical (unpaired) electrons. The van der Waals surface area contributed by atoms with E-state index in [2.05, 4.69) is 20.2 Å². The monoisotopic (exact) mass is 434 g/mol. The van der Waals surface area contributed by atoms with E-state index < -0.39 is 10.0 Å². The predicted molar refractivity (Wildman–Crippen MR) is 111 cm³/mol. The van der Waals surface area contributed by atoms with Gasteiger partial charge in [-0.15, -0.1) is 22.0 Å². The number of hydrogen-bond acceptors (Lipinski definition) is 7. The Labute approximate surface area is 171 Å². The Bertz CT molecular complexity index is 1010. The van der Waals surface area contributed by atoms with Gasteiger partial charge in [-0.3, -0.25) is 4.79 Å². The van der Waals surface area contributed by atoms with Gasteiger partial charge >= 0.3 is 0 Å². The van der Waals surface area contributed by atoms with E-state index in [1.807, 2.05) is 30.3 Å². The summed E-state index contributed by atoms with van der Waals surface area (Å²) in [6, 6.07) is 18.0. The number of carbonyl (C=O) groups excluding carboxylic acids is 1. The van der Waals surface area contributed by atoms with Gasteiger partial charge < -0.3 is 5.32 Å². The summed E-state index contributed by atoms with van der Waals surface area (Å²) in [7, 11) is -3.62. The lowest BCUT2D eigenvalue weighted by molar-refractivity contribution is -0.116. The number of nitrogens with one attached hydrogen (secondary N) is 2. The standard InChI is InChI=1S/C18H18N4O3S3/c23-16(11-12-19-28(24,25)15-9-5-2-6-10-15)20-18-22-21-17(27-18)13-26-14-7-3-1-4-8-14/h1-10,19H,11-13H2,(H,20,22,23). The highest BCUT2D eigenvalue weighted by atomic mass is 32.2. The van der Waals surface area contributed by atoms with Crippen molar-refractivity contribution in [2.24, 2.45) is 0 Å². The second kappa shape index (κ2) is 9.78. The molecular weight excluding hydrogens is 416 g/mol. The highest BCUT2D eigenvalue weighted by molar-refractivity contribution is 7.98. The fourth-order valence-corrected chi connectivity index (χ4v) is 4.90. The number of thioether (sulfide) groups is 1. The Kier molecular flexibility index (Phi) is 7.15. The largest absolute Gasteiger partial charge is 0.300 e. The van der Waals surface area contributed by atoms with Gasteiger partial charge in [-0.1, -0.05) is 47.7 Å². The molecule has 2 aromatic carbocycles. The van der Waals surface area contributed by atoms with Crippen molar-refractivity contribution in [2.45, 2.75) is 22.0 Å². The molecule has 0 aliphatic rings.